The van der Waals surface area contributed by atoms with Crippen molar-refractivity contribution in [2.24, 2.45) is 0 Å². The largest absolute Gasteiger partial charge is 0.768 e. The van der Waals surface area contributed by atoms with Gasteiger partial charge in [-0.1, -0.05) is 13.8 Å². The van der Waals surface area contributed by atoms with Crippen LogP contribution in [0.4, 0.5) is 0 Å². The molecular formula is C15H22NO4S-. The lowest BCUT2D eigenvalue weighted by Gasteiger charge is -2.25. The summed E-state index contributed by atoms with van der Waals surface area (Å²) < 4.78 is 28.2. The first-order valence-corrected chi connectivity index (χ1v) is 8.05. The van der Waals surface area contributed by atoms with Gasteiger partial charge in [0.2, 0.25) is 0 Å². The number of benzene rings is 1. The Labute approximate surface area is 128 Å². The molecule has 0 aliphatic carbocycles. The van der Waals surface area contributed by atoms with Gasteiger partial charge < -0.3 is 14.2 Å². The van der Waals surface area contributed by atoms with E-state index in [4.69, 9.17) is 4.74 Å². The maximum atomic E-state index is 12.7. The standard InChI is InChI=1S/C15H23NO4S/c1-6-16(7-2)15(17)14-12(10(3)4)8-11(20-5)9-13(14)21(18)19/h8-10H,6-7H2,1-5H3,(H,18,19)/p-1/i15+2. The van der Waals surface area contributed by atoms with Crippen LogP contribution in [0, 0.1) is 0 Å². The Bertz CT molecular complexity index is 539. The second kappa shape index (κ2) is 7.56. The van der Waals surface area contributed by atoms with Crippen LogP contribution in [0.3, 0.4) is 0 Å². The van der Waals surface area contributed by atoms with E-state index in [0.29, 0.717) is 24.4 Å². The first kappa shape index (κ1) is 17.7. The van der Waals surface area contributed by atoms with Crippen LogP contribution in [-0.2, 0) is 11.1 Å². The van der Waals surface area contributed by atoms with Crippen molar-refractivity contribution in [3.8, 4) is 5.75 Å². The maximum Gasteiger partial charge on any atom is 0.255 e. The first-order chi connectivity index (χ1) is 9.87. The lowest BCUT2D eigenvalue weighted by atomic mass is 10.0. The average Bonchev–Trinajstić information content (AvgIpc) is 2.46. The van der Waals surface area contributed by atoms with Gasteiger partial charge in [0, 0.05) is 18.0 Å². The van der Waals surface area contributed by atoms with E-state index in [2.05, 4.69) is 0 Å². The predicted molar refractivity (Wildman–Crippen MR) is 81.5 cm³/mol. The molecule has 0 aromatic heterocycles. The zero-order chi connectivity index (χ0) is 16.2. The number of carbonyl (C=O) groups is 1. The van der Waals surface area contributed by atoms with Crippen molar-refractivity contribution >= 4 is 17.0 Å². The molecule has 0 aliphatic rings. The summed E-state index contributed by atoms with van der Waals surface area (Å²) in [5.74, 6) is 0.191. The molecule has 21 heavy (non-hydrogen) atoms. The zero-order valence-electron chi connectivity index (χ0n) is 13.1. The molecule has 1 rings (SSSR count). The van der Waals surface area contributed by atoms with E-state index in [0.717, 1.165) is 0 Å². The lowest BCUT2D eigenvalue weighted by Crippen LogP contribution is -2.32. The Morgan fingerprint density at radius 3 is 2.29 bits per heavy atom. The number of hydrogen-bond donors (Lipinski definition) is 0. The number of nitrogens with zero attached hydrogens (tertiary/aromatic N) is 1. The minimum absolute atomic E-state index is 0.00468. The van der Waals surface area contributed by atoms with Crippen LogP contribution in [0.1, 0.15) is 49.5 Å². The summed E-state index contributed by atoms with van der Waals surface area (Å²) in [4.78, 5) is 14.3. The van der Waals surface area contributed by atoms with E-state index in [1.54, 1.807) is 11.0 Å². The molecule has 6 heteroatoms. The van der Waals surface area contributed by atoms with Crippen LogP contribution in [-0.4, -0.2) is 39.8 Å². The van der Waals surface area contributed by atoms with Gasteiger partial charge in [-0.3, -0.25) is 9.00 Å². The molecule has 1 atom stereocenters. The van der Waals surface area contributed by atoms with Gasteiger partial charge in [0.15, 0.2) is 0 Å². The Kier molecular flexibility index (Phi) is 6.36. The summed E-state index contributed by atoms with van der Waals surface area (Å²) in [5, 5.41) is 0. The van der Waals surface area contributed by atoms with Gasteiger partial charge in [0.1, 0.15) is 5.75 Å². The minimum Gasteiger partial charge on any atom is -0.768 e. The SMILES string of the molecule is CCN(CC)[14C](=O)c1c(C(C)C)cc(OC)cc1S(=O)[O-]. The smallest absolute Gasteiger partial charge is 0.255 e. The molecule has 0 aliphatic heterocycles. The molecule has 0 fully saturated rings. The number of rotatable bonds is 6. The number of carbonyl (C=O) groups excluding carboxylic acids is 1. The summed E-state index contributed by atoms with van der Waals surface area (Å²) in [6, 6.07) is 3.13. The molecule has 1 unspecified atom stereocenters. The highest BCUT2D eigenvalue weighted by Gasteiger charge is 2.23. The van der Waals surface area contributed by atoms with E-state index >= 15 is 0 Å². The van der Waals surface area contributed by atoms with Gasteiger partial charge >= 0.3 is 0 Å². The maximum absolute atomic E-state index is 12.7. The molecule has 0 saturated carbocycles. The summed E-state index contributed by atoms with van der Waals surface area (Å²) in [6.45, 7) is 8.64. The van der Waals surface area contributed by atoms with Gasteiger partial charge in [-0.25, -0.2) is 0 Å². The Balaban J connectivity index is 3.59. The van der Waals surface area contributed by atoms with E-state index < -0.39 is 11.1 Å². The Hall–Kier alpha value is -1.40. The third-order valence-electron chi connectivity index (χ3n) is 3.41. The normalized spacial score (nSPS) is 12.3. The minimum atomic E-state index is -2.50. The molecule has 0 N–H and O–H groups in total. The van der Waals surface area contributed by atoms with Crippen molar-refractivity contribution in [3.05, 3.63) is 23.3 Å². The fraction of sp³-hybridized carbons (Fsp3) is 0.533. The summed E-state index contributed by atoms with van der Waals surface area (Å²) in [7, 11) is 1.48. The molecule has 1 aromatic carbocycles. The van der Waals surface area contributed by atoms with Gasteiger partial charge in [0.25, 0.3) is 5.91 Å². The third kappa shape index (κ3) is 3.83. The van der Waals surface area contributed by atoms with Crippen LogP contribution in [0.2, 0.25) is 0 Å². The number of amides is 1. The molecule has 0 spiro atoms. The van der Waals surface area contributed by atoms with Crippen molar-refractivity contribution < 1.29 is 18.3 Å². The predicted octanol–water partition coefficient (Wildman–Crippen LogP) is 2.54. The molecule has 0 heterocycles. The summed E-state index contributed by atoms with van der Waals surface area (Å²) >= 11 is -2.50. The van der Waals surface area contributed by atoms with E-state index in [1.165, 1.54) is 13.2 Å². The first-order valence-electron chi connectivity index (χ1n) is 6.97. The highest BCUT2D eigenvalue weighted by Crippen LogP contribution is 2.31. The fourth-order valence-electron chi connectivity index (χ4n) is 2.21. The number of ether oxygens (including phenoxy) is 1. The molecular weight excluding hydrogens is 292 g/mol. The van der Waals surface area contributed by atoms with Crippen LogP contribution in [0.25, 0.3) is 0 Å². The van der Waals surface area contributed by atoms with Crippen molar-refractivity contribution in [1.82, 2.24) is 4.90 Å². The van der Waals surface area contributed by atoms with Gasteiger partial charge in [-0.2, -0.15) is 0 Å². The molecule has 0 radical (unpaired) electrons. The Morgan fingerprint density at radius 2 is 1.90 bits per heavy atom. The third-order valence-corrected chi connectivity index (χ3v) is 4.09. The quantitative estimate of drug-likeness (QED) is 0.757. The highest BCUT2D eigenvalue weighted by molar-refractivity contribution is 7.79. The van der Waals surface area contributed by atoms with Gasteiger partial charge in [-0.15, -0.1) is 0 Å². The van der Waals surface area contributed by atoms with Crippen molar-refractivity contribution in [2.75, 3.05) is 20.2 Å². The molecule has 0 bridgehead atoms. The van der Waals surface area contributed by atoms with Crippen molar-refractivity contribution in [3.63, 3.8) is 0 Å². The molecule has 1 amide bonds. The Morgan fingerprint density at radius 1 is 1.33 bits per heavy atom. The van der Waals surface area contributed by atoms with E-state index in [1.807, 2.05) is 27.7 Å². The van der Waals surface area contributed by atoms with E-state index in [9.17, 15) is 13.6 Å². The van der Waals surface area contributed by atoms with Gasteiger partial charge in [-0.05, 0) is 48.5 Å². The average molecular weight is 314 g/mol. The van der Waals surface area contributed by atoms with Crippen LogP contribution >= 0.6 is 0 Å². The van der Waals surface area contributed by atoms with Crippen LogP contribution < -0.4 is 4.74 Å². The number of methoxy groups -OCH3 is 1. The molecule has 1 aromatic rings. The van der Waals surface area contributed by atoms with Crippen molar-refractivity contribution in [2.45, 2.75) is 38.5 Å². The monoisotopic (exact) mass is 314 g/mol. The number of hydrogen-bond acceptors (Lipinski definition) is 4. The van der Waals surface area contributed by atoms with E-state index in [-0.39, 0.29) is 22.3 Å². The second-order valence-electron chi connectivity index (χ2n) is 4.96. The van der Waals surface area contributed by atoms with Crippen LogP contribution in [0.15, 0.2) is 17.0 Å². The van der Waals surface area contributed by atoms with Gasteiger partial charge in [0.05, 0.1) is 12.7 Å². The fourth-order valence-corrected chi connectivity index (χ4v) is 2.80. The molecule has 0 saturated heterocycles. The highest BCUT2D eigenvalue weighted by atomic mass is 32.2. The van der Waals surface area contributed by atoms with Crippen LogP contribution in [0.5, 0.6) is 5.75 Å². The lowest BCUT2D eigenvalue weighted by molar-refractivity contribution is 0.0767. The molecule has 5 nitrogen and oxygen atoms in total. The molecule has 118 valence electrons. The summed E-state index contributed by atoms with van der Waals surface area (Å²) in [5.41, 5.74) is 0.938. The van der Waals surface area contributed by atoms with Crippen molar-refractivity contribution in [1.29, 1.82) is 0 Å². The topological polar surface area (TPSA) is 69.7 Å². The summed E-state index contributed by atoms with van der Waals surface area (Å²) in [6.07, 6.45) is 0. The second-order valence-corrected chi connectivity index (χ2v) is 5.87. The zero-order valence-corrected chi connectivity index (χ0v) is 14.0.